The molecule has 3 nitrogen and oxygen atoms in total. The molecule has 0 aromatic rings. The molecule has 0 saturated heterocycles. The first-order valence-electron chi connectivity index (χ1n) is 2.48. The molecule has 0 unspecified atom stereocenters. The lowest BCUT2D eigenvalue weighted by Gasteiger charge is -2.19. The van der Waals surface area contributed by atoms with Crippen molar-refractivity contribution in [2.45, 2.75) is 6.55 Å². The summed E-state index contributed by atoms with van der Waals surface area (Å²) in [5, 5.41) is 0. The molecular weight excluding hydrogens is 143 g/mol. The number of alkyl halides is 1. The molecule has 0 aromatic carbocycles. The van der Waals surface area contributed by atoms with Crippen molar-refractivity contribution < 1.29 is 17.7 Å². The molecule has 0 saturated carbocycles. The highest BCUT2D eigenvalue weighted by Crippen LogP contribution is 2.04. The molecular formula is C4H11FO3Si. The average Bonchev–Trinajstić information content (AvgIpc) is 1.89. The molecule has 0 rings (SSSR count). The third-order valence-corrected chi connectivity index (χ3v) is 3.17. The van der Waals surface area contributed by atoms with E-state index in [1.54, 1.807) is 6.55 Å². The van der Waals surface area contributed by atoms with Gasteiger partial charge >= 0.3 is 8.80 Å². The van der Waals surface area contributed by atoms with Gasteiger partial charge < -0.3 is 13.3 Å². The molecule has 0 amide bonds. The number of hydrogen-bond acceptors (Lipinski definition) is 3. The van der Waals surface area contributed by atoms with Crippen LogP contribution in [0.3, 0.4) is 0 Å². The summed E-state index contributed by atoms with van der Waals surface area (Å²) in [7, 11) is 0.299. The monoisotopic (exact) mass is 154 g/mol. The summed E-state index contributed by atoms with van der Waals surface area (Å²) in [5.41, 5.74) is 0. The molecule has 0 atom stereocenters. The highest BCUT2D eigenvalue weighted by Gasteiger charge is 2.31. The average molecular weight is 154 g/mol. The second kappa shape index (κ2) is 3.94. The van der Waals surface area contributed by atoms with E-state index < -0.39 is 15.7 Å². The van der Waals surface area contributed by atoms with E-state index in [1.807, 2.05) is 0 Å². The quantitative estimate of drug-likeness (QED) is 0.560. The fourth-order valence-electron chi connectivity index (χ4n) is 0.300. The van der Waals surface area contributed by atoms with E-state index in [-0.39, 0.29) is 0 Å². The highest BCUT2D eigenvalue weighted by atomic mass is 28.4. The van der Waals surface area contributed by atoms with Crippen molar-refractivity contribution in [2.24, 2.45) is 0 Å². The third-order valence-electron chi connectivity index (χ3n) is 1.06. The van der Waals surface area contributed by atoms with Crippen LogP contribution in [-0.2, 0) is 13.3 Å². The Morgan fingerprint density at radius 1 is 1.33 bits per heavy atom. The predicted molar refractivity (Wildman–Crippen MR) is 32.7 cm³/mol. The predicted octanol–water partition coefficient (Wildman–Crippen LogP) is 0.791. The molecule has 56 valence electrons. The van der Waals surface area contributed by atoms with Gasteiger partial charge in [0.15, 0.2) is 6.86 Å². The Labute approximate surface area is 55.1 Å². The van der Waals surface area contributed by atoms with Crippen LogP contribution in [0.5, 0.6) is 0 Å². The van der Waals surface area contributed by atoms with Crippen LogP contribution in [0.4, 0.5) is 4.39 Å². The van der Waals surface area contributed by atoms with Crippen LogP contribution in [0.1, 0.15) is 0 Å². The van der Waals surface area contributed by atoms with Gasteiger partial charge in [-0.15, -0.1) is 0 Å². The maximum Gasteiger partial charge on any atom is 0.499 e. The number of rotatable bonds is 4. The second-order valence-corrected chi connectivity index (χ2v) is 4.35. The van der Waals surface area contributed by atoms with Gasteiger partial charge in [0.2, 0.25) is 0 Å². The lowest BCUT2D eigenvalue weighted by Crippen LogP contribution is -2.39. The van der Waals surface area contributed by atoms with Crippen LogP contribution in [-0.4, -0.2) is 29.9 Å². The summed E-state index contributed by atoms with van der Waals surface area (Å²) in [5.74, 6) is 0. The van der Waals surface area contributed by atoms with Crippen molar-refractivity contribution in [1.82, 2.24) is 0 Å². The van der Waals surface area contributed by atoms with Gasteiger partial charge in [-0.3, -0.25) is 0 Å². The van der Waals surface area contributed by atoms with E-state index in [2.05, 4.69) is 4.43 Å². The van der Waals surface area contributed by atoms with E-state index in [0.29, 0.717) is 0 Å². The number of hydrogen-bond donors (Lipinski definition) is 0. The fraction of sp³-hybridized carbons (Fsp3) is 1.00. The standard InChI is InChI=1S/C4H11FO3Si/c1-6-9(3,7-2)8-4-5/h4H2,1-3H3. The van der Waals surface area contributed by atoms with Gasteiger partial charge in [0.05, 0.1) is 0 Å². The Bertz CT molecular complexity index is 76.2. The summed E-state index contributed by atoms with van der Waals surface area (Å²) < 4.78 is 25.6. The zero-order chi connectivity index (χ0) is 7.33. The smallest absolute Gasteiger partial charge is 0.377 e. The van der Waals surface area contributed by atoms with Crippen molar-refractivity contribution in [3.8, 4) is 0 Å². The van der Waals surface area contributed by atoms with Crippen LogP contribution >= 0.6 is 0 Å². The minimum absolute atomic E-state index is 0.857. The molecule has 0 aliphatic carbocycles. The topological polar surface area (TPSA) is 27.7 Å². The maximum absolute atomic E-state index is 11.5. The van der Waals surface area contributed by atoms with Gasteiger partial charge in [-0.05, 0) is 0 Å². The van der Waals surface area contributed by atoms with E-state index in [0.717, 1.165) is 0 Å². The van der Waals surface area contributed by atoms with Crippen LogP contribution in [0.2, 0.25) is 6.55 Å². The molecule has 0 aromatic heterocycles. The first kappa shape index (κ1) is 9.03. The molecule has 0 spiro atoms. The van der Waals surface area contributed by atoms with Crippen molar-refractivity contribution in [2.75, 3.05) is 21.1 Å². The summed E-state index contributed by atoms with van der Waals surface area (Å²) in [6.07, 6.45) is 0. The largest absolute Gasteiger partial charge is 0.499 e. The molecule has 0 N–H and O–H groups in total. The van der Waals surface area contributed by atoms with Gasteiger partial charge in [-0.1, -0.05) is 0 Å². The van der Waals surface area contributed by atoms with Gasteiger partial charge in [-0.2, -0.15) is 0 Å². The molecule has 0 fully saturated rings. The van der Waals surface area contributed by atoms with Gasteiger partial charge in [0.25, 0.3) is 0 Å². The van der Waals surface area contributed by atoms with Crippen molar-refractivity contribution >= 4 is 8.80 Å². The zero-order valence-corrected chi connectivity index (χ0v) is 6.81. The Kier molecular flexibility index (Phi) is 3.95. The van der Waals surface area contributed by atoms with Gasteiger partial charge in [0.1, 0.15) is 0 Å². The Morgan fingerprint density at radius 2 is 1.78 bits per heavy atom. The van der Waals surface area contributed by atoms with Crippen molar-refractivity contribution in [3.05, 3.63) is 0 Å². The first-order chi connectivity index (χ1) is 4.18. The second-order valence-electron chi connectivity index (χ2n) is 1.52. The highest BCUT2D eigenvalue weighted by molar-refractivity contribution is 6.59. The Hall–Kier alpha value is 0.0269. The molecule has 0 radical (unpaired) electrons. The first-order valence-corrected chi connectivity index (χ1v) is 4.71. The molecule has 5 heteroatoms. The minimum atomic E-state index is -2.57. The van der Waals surface area contributed by atoms with Gasteiger partial charge in [0, 0.05) is 20.8 Å². The van der Waals surface area contributed by atoms with Crippen LogP contribution in [0, 0.1) is 0 Å². The summed E-state index contributed by atoms with van der Waals surface area (Å²) in [4.78, 5) is 0. The third kappa shape index (κ3) is 2.90. The SMILES string of the molecule is CO[Si](C)(OC)OCF. The molecule has 0 bridgehead atoms. The lowest BCUT2D eigenvalue weighted by molar-refractivity contribution is 0.0636. The van der Waals surface area contributed by atoms with Crippen LogP contribution in [0.15, 0.2) is 0 Å². The maximum atomic E-state index is 11.5. The van der Waals surface area contributed by atoms with E-state index in [1.165, 1.54) is 14.2 Å². The molecule has 0 aliphatic rings. The van der Waals surface area contributed by atoms with Crippen molar-refractivity contribution in [3.63, 3.8) is 0 Å². The molecule has 0 aliphatic heterocycles. The van der Waals surface area contributed by atoms with Crippen molar-refractivity contribution in [1.29, 1.82) is 0 Å². The summed E-state index contributed by atoms with van der Waals surface area (Å²) >= 11 is 0. The molecule has 0 heterocycles. The van der Waals surface area contributed by atoms with Crippen LogP contribution < -0.4 is 0 Å². The minimum Gasteiger partial charge on any atom is -0.377 e. The van der Waals surface area contributed by atoms with Gasteiger partial charge in [-0.25, -0.2) is 4.39 Å². The summed E-state index contributed by atoms with van der Waals surface area (Å²) in [6, 6.07) is 0. The summed E-state index contributed by atoms with van der Waals surface area (Å²) in [6.45, 7) is 0.761. The van der Waals surface area contributed by atoms with E-state index in [4.69, 9.17) is 8.85 Å². The molecule has 9 heavy (non-hydrogen) atoms. The normalized spacial score (nSPS) is 12.0. The van der Waals surface area contributed by atoms with E-state index >= 15 is 0 Å². The lowest BCUT2D eigenvalue weighted by atomic mass is 11.6. The van der Waals surface area contributed by atoms with E-state index in [9.17, 15) is 4.39 Å². The Balaban J connectivity index is 3.62. The van der Waals surface area contributed by atoms with Crippen LogP contribution in [0.25, 0.3) is 0 Å². The Morgan fingerprint density at radius 3 is 1.89 bits per heavy atom. The number of halogens is 1. The zero-order valence-electron chi connectivity index (χ0n) is 5.81. The fourth-order valence-corrected chi connectivity index (χ4v) is 0.901.